The highest BCUT2D eigenvalue weighted by atomic mass is 16.6. The van der Waals surface area contributed by atoms with Gasteiger partial charge in [0.15, 0.2) is 0 Å². The largest absolute Gasteiger partial charge is 0.411 e. The van der Waals surface area contributed by atoms with Crippen molar-refractivity contribution in [2.45, 2.75) is 12.8 Å². The molecular formula is C20H21NO. The number of allylic oxidation sites excluding steroid dienone is 4. The van der Waals surface area contributed by atoms with Gasteiger partial charge in [0.25, 0.3) is 0 Å². The Morgan fingerprint density at radius 2 is 1.82 bits per heavy atom. The molecule has 2 nitrogen and oxygen atoms in total. The minimum atomic E-state index is 0.0993. The molecule has 0 amide bonds. The van der Waals surface area contributed by atoms with Crippen LogP contribution in [0.3, 0.4) is 0 Å². The van der Waals surface area contributed by atoms with Crippen LogP contribution in [0.4, 0.5) is 0 Å². The molecule has 0 bridgehead atoms. The highest BCUT2D eigenvalue weighted by molar-refractivity contribution is 5.48. The molecule has 112 valence electrons. The summed E-state index contributed by atoms with van der Waals surface area (Å²) in [5.41, 5.74) is 4.47. The highest BCUT2D eigenvalue weighted by Gasteiger charge is 2.17. The Hall–Kier alpha value is -2.58. The second kappa shape index (κ2) is 7.43. The van der Waals surface area contributed by atoms with E-state index in [4.69, 9.17) is 10.7 Å². The molecule has 2 rings (SSSR count). The second-order valence-electron chi connectivity index (χ2n) is 5.09. The number of benzene rings is 2. The summed E-state index contributed by atoms with van der Waals surface area (Å²) in [6, 6.07) is 16.4. The lowest BCUT2D eigenvalue weighted by Crippen LogP contribution is -2.06. The van der Waals surface area contributed by atoms with Gasteiger partial charge in [-0.15, -0.1) is 0 Å². The molecular weight excluding hydrogens is 270 g/mol. The van der Waals surface area contributed by atoms with Crippen LogP contribution in [-0.4, -0.2) is 0 Å². The minimum Gasteiger partial charge on any atom is -0.411 e. The van der Waals surface area contributed by atoms with Gasteiger partial charge < -0.3 is 4.84 Å². The maximum Gasteiger partial charge on any atom is 0.149 e. The van der Waals surface area contributed by atoms with Gasteiger partial charge in [-0.2, -0.15) is 5.90 Å². The quantitative estimate of drug-likeness (QED) is 0.619. The molecule has 0 aromatic heterocycles. The molecule has 1 unspecified atom stereocenters. The van der Waals surface area contributed by atoms with Crippen molar-refractivity contribution in [2.75, 3.05) is 0 Å². The van der Waals surface area contributed by atoms with Gasteiger partial charge in [0, 0.05) is 5.92 Å². The van der Waals surface area contributed by atoms with Crippen LogP contribution in [0.15, 0.2) is 85.5 Å². The Morgan fingerprint density at radius 1 is 1.09 bits per heavy atom. The fourth-order valence-corrected chi connectivity index (χ4v) is 2.63. The fourth-order valence-electron chi connectivity index (χ4n) is 2.63. The van der Waals surface area contributed by atoms with E-state index in [1.165, 1.54) is 5.56 Å². The van der Waals surface area contributed by atoms with E-state index in [1.54, 1.807) is 6.08 Å². The van der Waals surface area contributed by atoms with Crippen LogP contribution in [0.5, 0.6) is 5.75 Å². The average Bonchev–Trinajstić information content (AvgIpc) is 2.55. The molecule has 2 aromatic rings. The normalized spacial score (nSPS) is 12.5. The van der Waals surface area contributed by atoms with Gasteiger partial charge >= 0.3 is 0 Å². The van der Waals surface area contributed by atoms with Crippen molar-refractivity contribution in [3.05, 3.63) is 102 Å². The van der Waals surface area contributed by atoms with Crippen molar-refractivity contribution >= 4 is 0 Å². The van der Waals surface area contributed by atoms with Gasteiger partial charge in [-0.3, -0.25) is 0 Å². The third-order valence-electron chi connectivity index (χ3n) is 3.67. The van der Waals surface area contributed by atoms with Crippen LogP contribution in [0.1, 0.15) is 22.6 Å². The zero-order valence-electron chi connectivity index (χ0n) is 12.8. The summed E-state index contributed by atoms with van der Waals surface area (Å²) in [6.45, 7) is 9.73. The summed E-state index contributed by atoms with van der Waals surface area (Å²) < 4.78 is 0. The van der Waals surface area contributed by atoms with E-state index in [0.29, 0.717) is 5.75 Å². The first-order valence-electron chi connectivity index (χ1n) is 7.18. The average molecular weight is 291 g/mol. The van der Waals surface area contributed by atoms with Crippen LogP contribution in [0.2, 0.25) is 0 Å². The maximum absolute atomic E-state index is 5.28. The van der Waals surface area contributed by atoms with Gasteiger partial charge in [-0.05, 0) is 35.3 Å². The predicted octanol–water partition coefficient (Wildman–Crippen LogP) is 4.68. The standard InChI is InChI=1S/C20H21NO/c1-4-9-16(5-2)20(17-10-7-6-8-11-17)18-12-13-19(22-21)15(3)14-18/h4-14,20H,1-2,21H2,3H3/b16-9+. The molecule has 2 aromatic carbocycles. The molecule has 22 heavy (non-hydrogen) atoms. The molecule has 2 heteroatoms. The van der Waals surface area contributed by atoms with Gasteiger partial charge in [-0.25, -0.2) is 0 Å². The van der Waals surface area contributed by atoms with Crippen molar-refractivity contribution < 1.29 is 4.84 Å². The summed E-state index contributed by atoms with van der Waals surface area (Å²) in [7, 11) is 0. The molecule has 0 saturated carbocycles. The van der Waals surface area contributed by atoms with E-state index >= 15 is 0 Å². The van der Waals surface area contributed by atoms with Crippen LogP contribution >= 0.6 is 0 Å². The maximum atomic E-state index is 5.28. The predicted molar refractivity (Wildman–Crippen MR) is 92.8 cm³/mol. The summed E-state index contributed by atoms with van der Waals surface area (Å²) in [5, 5.41) is 0. The van der Waals surface area contributed by atoms with Crippen LogP contribution in [0.25, 0.3) is 0 Å². The SMILES string of the molecule is C=C/C=C(\C=C)C(c1ccccc1)c1ccc(ON)c(C)c1. The third-order valence-corrected chi connectivity index (χ3v) is 3.67. The molecule has 0 radical (unpaired) electrons. The number of hydrogen-bond donors (Lipinski definition) is 1. The Balaban J connectivity index is 2.58. The van der Waals surface area contributed by atoms with Crippen molar-refractivity contribution in [3.8, 4) is 5.75 Å². The van der Waals surface area contributed by atoms with Gasteiger partial charge in [0.1, 0.15) is 5.75 Å². The second-order valence-corrected chi connectivity index (χ2v) is 5.09. The number of nitrogens with two attached hydrogens (primary N) is 1. The van der Waals surface area contributed by atoms with Crippen molar-refractivity contribution in [1.82, 2.24) is 0 Å². The first-order valence-corrected chi connectivity index (χ1v) is 7.18. The zero-order valence-corrected chi connectivity index (χ0v) is 12.8. The number of hydrogen-bond acceptors (Lipinski definition) is 2. The first kappa shape index (κ1) is 15.8. The first-order chi connectivity index (χ1) is 10.7. The molecule has 1 atom stereocenters. The summed E-state index contributed by atoms with van der Waals surface area (Å²) in [5.74, 6) is 6.06. The molecule has 0 fully saturated rings. The molecule has 0 aliphatic heterocycles. The van der Waals surface area contributed by atoms with E-state index in [2.05, 4.69) is 31.4 Å². The number of rotatable bonds is 6. The van der Waals surface area contributed by atoms with Gasteiger partial charge in [-0.1, -0.05) is 73.9 Å². The van der Waals surface area contributed by atoms with E-state index < -0.39 is 0 Å². The summed E-state index contributed by atoms with van der Waals surface area (Å²) in [4.78, 5) is 4.87. The van der Waals surface area contributed by atoms with E-state index in [1.807, 2.05) is 49.4 Å². The highest BCUT2D eigenvalue weighted by Crippen LogP contribution is 2.34. The lowest BCUT2D eigenvalue weighted by atomic mass is 9.84. The van der Waals surface area contributed by atoms with Crippen LogP contribution < -0.4 is 10.7 Å². The monoisotopic (exact) mass is 291 g/mol. The van der Waals surface area contributed by atoms with E-state index in [9.17, 15) is 0 Å². The van der Waals surface area contributed by atoms with Gasteiger partial charge in [0.2, 0.25) is 0 Å². The summed E-state index contributed by atoms with van der Waals surface area (Å²) in [6.07, 6.45) is 5.66. The smallest absolute Gasteiger partial charge is 0.149 e. The van der Waals surface area contributed by atoms with E-state index in [-0.39, 0.29) is 5.92 Å². The molecule has 0 saturated heterocycles. The molecule has 0 aliphatic carbocycles. The molecule has 0 spiro atoms. The summed E-state index contributed by atoms with van der Waals surface area (Å²) >= 11 is 0. The lowest BCUT2D eigenvalue weighted by molar-refractivity contribution is 0.332. The topological polar surface area (TPSA) is 35.2 Å². The van der Waals surface area contributed by atoms with Crippen molar-refractivity contribution in [2.24, 2.45) is 5.90 Å². The van der Waals surface area contributed by atoms with Crippen LogP contribution in [0, 0.1) is 6.92 Å². The van der Waals surface area contributed by atoms with Crippen LogP contribution in [-0.2, 0) is 0 Å². The van der Waals surface area contributed by atoms with E-state index in [0.717, 1.165) is 16.7 Å². The van der Waals surface area contributed by atoms with Crippen molar-refractivity contribution in [3.63, 3.8) is 0 Å². The third kappa shape index (κ3) is 3.35. The lowest BCUT2D eigenvalue weighted by Gasteiger charge is -2.20. The Kier molecular flexibility index (Phi) is 5.34. The molecule has 0 aliphatic rings. The fraction of sp³-hybridized carbons (Fsp3) is 0.100. The van der Waals surface area contributed by atoms with Gasteiger partial charge in [0.05, 0.1) is 0 Å². The Bertz CT molecular complexity index is 686. The minimum absolute atomic E-state index is 0.0993. The molecule has 2 N–H and O–H groups in total. The Morgan fingerprint density at radius 3 is 2.36 bits per heavy atom. The Labute approximate surface area is 132 Å². The number of aryl methyl sites for hydroxylation is 1. The van der Waals surface area contributed by atoms with Crippen molar-refractivity contribution in [1.29, 1.82) is 0 Å². The zero-order chi connectivity index (χ0) is 15.9. The molecule has 0 heterocycles.